The lowest BCUT2D eigenvalue weighted by Gasteiger charge is -2.36. The van der Waals surface area contributed by atoms with Crippen molar-refractivity contribution in [3.8, 4) is 0 Å². The molecule has 0 radical (unpaired) electrons. The molecule has 3 rings (SSSR count). The van der Waals surface area contributed by atoms with E-state index in [1.807, 2.05) is 11.3 Å². The molecule has 2 atom stereocenters. The van der Waals surface area contributed by atoms with Crippen LogP contribution in [0.15, 0.2) is 0 Å². The molecule has 2 unspecified atom stereocenters. The maximum atomic E-state index is 4.63. The van der Waals surface area contributed by atoms with E-state index in [2.05, 4.69) is 17.2 Å². The molecule has 1 fully saturated rings. The van der Waals surface area contributed by atoms with Crippen molar-refractivity contribution >= 4 is 11.3 Å². The minimum atomic E-state index is 0.758. The van der Waals surface area contributed by atoms with Crippen LogP contribution in [0.5, 0.6) is 0 Å². The molecule has 1 aromatic heterocycles. The van der Waals surface area contributed by atoms with Crippen molar-refractivity contribution in [1.29, 1.82) is 0 Å². The Labute approximate surface area is 88.7 Å². The van der Waals surface area contributed by atoms with Crippen LogP contribution in [0.4, 0.5) is 0 Å². The molecule has 1 aliphatic carbocycles. The molecule has 3 heteroatoms. The summed E-state index contributed by atoms with van der Waals surface area (Å²) in [6.07, 6.45) is 5.27. The Bertz CT molecular complexity index is 341. The Hall–Kier alpha value is -0.410. The monoisotopic (exact) mass is 208 g/mol. The van der Waals surface area contributed by atoms with E-state index in [0.717, 1.165) is 12.0 Å². The summed E-state index contributed by atoms with van der Waals surface area (Å²) in [5.74, 6) is 0.777. The second kappa shape index (κ2) is 3.31. The maximum absolute atomic E-state index is 4.63. The van der Waals surface area contributed by atoms with Gasteiger partial charge in [-0.1, -0.05) is 0 Å². The van der Waals surface area contributed by atoms with Gasteiger partial charge >= 0.3 is 0 Å². The number of rotatable bonds is 1. The third-order valence-electron chi connectivity index (χ3n) is 3.45. The first kappa shape index (κ1) is 8.86. The summed E-state index contributed by atoms with van der Waals surface area (Å²) >= 11 is 1.92. The van der Waals surface area contributed by atoms with Gasteiger partial charge in [0.2, 0.25) is 0 Å². The van der Waals surface area contributed by atoms with Crippen LogP contribution >= 0.6 is 11.3 Å². The maximum Gasteiger partial charge on any atom is 0.0900 e. The Kier molecular flexibility index (Phi) is 2.10. The van der Waals surface area contributed by atoms with E-state index in [0.29, 0.717) is 0 Å². The van der Waals surface area contributed by atoms with Crippen LogP contribution in [0.3, 0.4) is 0 Å². The molecule has 0 saturated carbocycles. The van der Waals surface area contributed by atoms with Crippen molar-refractivity contribution in [2.45, 2.75) is 44.6 Å². The molecular formula is C11H16N2S. The standard InChI is InChI=1S/C11H16N2S/c1-7-13-10-4-2-3-8(11(10)14-7)9-5-6-12-9/h8-9,12H,2-6H2,1H3. The van der Waals surface area contributed by atoms with Gasteiger partial charge in [0.25, 0.3) is 0 Å². The molecule has 2 heterocycles. The molecule has 1 aromatic rings. The van der Waals surface area contributed by atoms with Gasteiger partial charge < -0.3 is 5.32 Å². The highest BCUT2D eigenvalue weighted by atomic mass is 32.1. The largest absolute Gasteiger partial charge is 0.313 e. The van der Waals surface area contributed by atoms with Gasteiger partial charge in [0, 0.05) is 16.8 Å². The average Bonchev–Trinajstić information content (AvgIpc) is 2.43. The minimum Gasteiger partial charge on any atom is -0.313 e. The number of hydrogen-bond acceptors (Lipinski definition) is 3. The highest BCUT2D eigenvalue weighted by Crippen LogP contribution is 2.39. The molecular weight excluding hydrogens is 192 g/mol. The Balaban J connectivity index is 1.93. The second-order valence-corrected chi connectivity index (χ2v) is 5.63. The summed E-state index contributed by atoms with van der Waals surface area (Å²) in [5.41, 5.74) is 1.40. The number of aromatic nitrogens is 1. The molecule has 0 aromatic carbocycles. The molecule has 14 heavy (non-hydrogen) atoms. The summed E-state index contributed by atoms with van der Waals surface area (Å²) in [4.78, 5) is 6.22. The fraction of sp³-hybridized carbons (Fsp3) is 0.727. The fourth-order valence-electron chi connectivity index (χ4n) is 2.61. The third-order valence-corrected chi connectivity index (χ3v) is 4.59. The van der Waals surface area contributed by atoms with E-state index in [-0.39, 0.29) is 0 Å². The van der Waals surface area contributed by atoms with E-state index in [9.17, 15) is 0 Å². The molecule has 0 bridgehead atoms. The highest BCUT2D eigenvalue weighted by molar-refractivity contribution is 7.11. The van der Waals surface area contributed by atoms with Crippen molar-refractivity contribution in [2.75, 3.05) is 6.54 Å². The van der Waals surface area contributed by atoms with Crippen molar-refractivity contribution in [3.05, 3.63) is 15.6 Å². The van der Waals surface area contributed by atoms with Gasteiger partial charge in [-0.3, -0.25) is 0 Å². The van der Waals surface area contributed by atoms with Gasteiger partial charge in [0.15, 0.2) is 0 Å². The van der Waals surface area contributed by atoms with Crippen LogP contribution < -0.4 is 5.32 Å². The first-order valence-corrected chi connectivity index (χ1v) is 6.36. The minimum absolute atomic E-state index is 0.758. The third kappa shape index (κ3) is 1.30. The first-order chi connectivity index (χ1) is 6.84. The number of nitrogens with one attached hydrogen (secondary N) is 1. The molecule has 1 saturated heterocycles. The van der Waals surface area contributed by atoms with Gasteiger partial charge in [-0.15, -0.1) is 11.3 Å². The molecule has 0 amide bonds. The zero-order chi connectivity index (χ0) is 9.54. The lowest BCUT2D eigenvalue weighted by molar-refractivity contribution is 0.297. The van der Waals surface area contributed by atoms with Crippen LogP contribution in [-0.2, 0) is 6.42 Å². The fourth-order valence-corrected chi connectivity index (χ4v) is 3.79. The molecule has 1 N–H and O–H groups in total. The van der Waals surface area contributed by atoms with Crippen molar-refractivity contribution in [2.24, 2.45) is 0 Å². The zero-order valence-corrected chi connectivity index (χ0v) is 9.36. The van der Waals surface area contributed by atoms with Crippen LogP contribution in [-0.4, -0.2) is 17.6 Å². The second-order valence-electron chi connectivity index (χ2n) is 4.39. The van der Waals surface area contributed by atoms with Crippen LogP contribution in [0.2, 0.25) is 0 Å². The normalized spacial score (nSPS) is 30.9. The molecule has 1 aliphatic heterocycles. The van der Waals surface area contributed by atoms with Crippen LogP contribution in [0.25, 0.3) is 0 Å². The number of thiazole rings is 1. The van der Waals surface area contributed by atoms with Gasteiger partial charge in [0.1, 0.15) is 0 Å². The Morgan fingerprint density at radius 3 is 3.00 bits per heavy atom. The zero-order valence-electron chi connectivity index (χ0n) is 8.55. The number of hydrogen-bond donors (Lipinski definition) is 1. The summed E-state index contributed by atoms with van der Waals surface area (Å²) in [7, 11) is 0. The molecule has 2 aliphatic rings. The SMILES string of the molecule is Cc1nc2c(s1)C(C1CCN1)CCC2. The topological polar surface area (TPSA) is 24.9 Å². The van der Waals surface area contributed by atoms with E-state index in [1.54, 1.807) is 4.88 Å². The number of aryl methyl sites for hydroxylation is 2. The van der Waals surface area contributed by atoms with Crippen molar-refractivity contribution < 1.29 is 0 Å². The summed E-state index contributed by atoms with van der Waals surface area (Å²) in [5, 5.41) is 4.80. The molecule has 76 valence electrons. The van der Waals surface area contributed by atoms with Gasteiger partial charge in [-0.05, 0) is 39.2 Å². The van der Waals surface area contributed by atoms with E-state index in [4.69, 9.17) is 0 Å². The summed E-state index contributed by atoms with van der Waals surface area (Å²) in [6, 6.07) is 0.758. The Morgan fingerprint density at radius 1 is 1.43 bits per heavy atom. The van der Waals surface area contributed by atoms with Crippen molar-refractivity contribution in [3.63, 3.8) is 0 Å². The van der Waals surface area contributed by atoms with E-state index < -0.39 is 0 Å². The smallest absolute Gasteiger partial charge is 0.0900 e. The highest BCUT2D eigenvalue weighted by Gasteiger charge is 2.33. The number of fused-ring (bicyclic) bond motifs is 1. The van der Waals surface area contributed by atoms with E-state index >= 15 is 0 Å². The Morgan fingerprint density at radius 2 is 2.29 bits per heavy atom. The summed E-state index contributed by atoms with van der Waals surface area (Å²) in [6.45, 7) is 3.35. The molecule has 0 spiro atoms. The van der Waals surface area contributed by atoms with Crippen LogP contribution in [0.1, 0.15) is 40.8 Å². The van der Waals surface area contributed by atoms with Gasteiger partial charge in [-0.25, -0.2) is 4.98 Å². The predicted octanol–water partition coefficient (Wildman–Crippen LogP) is 2.23. The lowest BCUT2D eigenvalue weighted by Crippen LogP contribution is -2.47. The number of nitrogens with zero attached hydrogens (tertiary/aromatic N) is 1. The van der Waals surface area contributed by atoms with Gasteiger partial charge in [0.05, 0.1) is 10.7 Å². The van der Waals surface area contributed by atoms with Crippen LogP contribution in [0, 0.1) is 6.92 Å². The summed E-state index contributed by atoms with van der Waals surface area (Å²) < 4.78 is 0. The van der Waals surface area contributed by atoms with Gasteiger partial charge in [-0.2, -0.15) is 0 Å². The van der Waals surface area contributed by atoms with E-state index in [1.165, 1.54) is 42.9 Å². The van der Waals surface area contributed by atoms with Crippen molar-refractivity contribution in [1.82, 2.24) is 10.3 Å². The predicted molar refractivity (Wildman–Crippen MR) is 58.9 cm³/mol. The lowest BCUT2D eigenvalue weighted by atomic mass is 9.82. The first-order valence-electron chi connectivity index (χ1n) is 5.54. The average molecular weight is 208 g/mol. The quantitative estimate of drug-likeness (QED) is 0.765. The molecule has 2 nitrogen and oxygen atoms in total.